The maximum Gasteiger partial charge on any atom is 0.234 e. The van der Waals surface area contributed by atoms with Crippen LogP contribution in [0.3, 0.4) is 0 Å². The number of methoxy groups -OCH3 is 1. The second-order valence-corrected chi connectivity index (χ2v) is 4.56. The molecule has 1 aliphatic heterocycles. The second-order valence-electron chi connectivity index (χ2n) is 4.56. The molecule has 2 unspecified atom stereocenters. The number of nitrogens with one attached hydrogen (secondary N) is 3. The van der Waals surface area contributed by atoms with E-state index in [2.05, 4.69) is 16.0 Å². The molecule has 1 aliphatic rings. The third kappa shape index (κ3) is 4.96. The van der Waals surface area contributed by atoms with Gasteiger partial charge < -0.3 is 20.7 Å². The van der Waals surface area contributed by atoms with Crippen LogP contribution in [0.25, 0.3) is 0 Å². The van der Waals surface area contributed by atoms with Gasteiger partial charge in [0.15, 0.2) is 5.78 Å². The highest BCUT2D eigenvalue weighted by Crippen LogP contribution is 2.16. The van der Waals surface area contributed by atoms with Gasteiger partial charge in [0, 0.05) is 19.6 Å². The Balaban J connectivity index is 2.60. The highest BCUT2D eigenvalue weighted by atomic mass is 16.5. The van der Waals surface area contributed by atoms with Gasteiger partial charge in [-0.15, -0.1) is 0 Å². The minimum Gasteiger partial charge on any atom is -0.377 e. The van der Waals surface area contributed by atoms with Gasteiger partial charge in [-0.05, 0) is 19.9 Å². The van der Waals surface area contributed by atoms with E-state index in [1.165, 1.54) is 7.11 Å². The van der Waals surface area contributed by atoms with Crippen molar-refractivity contribution in [1.82, 2.24) is 16.0 Å². The lowest BCUT2D eigenvalue weighted by atomic mass is 9.96. The van der Waals surface area contributed by atoms with Crippen molar-refractivity contribution >= 4 is 17.6 Å². The van der Waals surface area contributed by atoms with Crippen LogP contribution in [0.5, 0.6) is 0 Å². The summed E-state index contributed by atoms with van der Waals surface area (Å²) in [6, 6.07) is -0.672. The van der Waals surface area contributed by atoms with Crippen LogP contribution >= 0.6 is 0 Å². The Morgan fingerprint density at radius 3 is 2.79 bits per heavy atom. The van der Waals surface area contributed by atoms with Gasteiger partial charge in [0.25, 0.3) is 0 Å². The van der Waals surface area contributed by atoms with Crippen molar-refractivity contribution in [2.45, 2.75) is 18.9 Å². The molecule has 7 heteroatoms. The SMILES string of the molecule is CNCC(=O)NC(CC1CCNC1=O)C(=O)COC. The molecule has 0 aromatic carbocycles. The minimum atomic E-state index is -0.672. The number of hydrogen-bond acceptors (Lipinski definition) is 5. The number of carbonyl (C=O) groups is 3. The lowest BCUT2D eigenvalue weighted by molar-refractivity contribution is -0.130. The van der Waals surface area contributed by atoms with Gasteiger partial charge in [-0.3, -0.25) is 14.4 Å². The second kappa shape index (κ2) is 7.85. The molecule has 19 heavy (non-hydrogen) atoms. The van der Waals surface area contributed by atoms with Gasteiger partial charge in [-0.2, -0.15) is 0 Å². The van der Waals surface area contributed by atoms with Crippen molar-refractivity contribution in [3.8, 4) is 0 Å². The average Bonchev–Trinajstić information content (AvgIpc) is 2.75. The van der Waals surface area contributed by atoms with Crippen LogP contribution in [0.2, 0.25) is 0 Å². The first-order chi connectivity index (χ1) is 9.08. The molecule has 1 rings (SSSR count). The molecule has 0 spiro atoms. The van der Waals surface area contributed by atoms with Gasteiger partial charge in [-0.1, -0.05) is 0 Å². The van der Waals surface area contributed by atoms with Crippen LogP contribution in [0.15, 0.2) is 0 Å². The summed E-state index contributed by atoms with van der Waals surface area (Å²) in [5.74, 6) is -0.763. The predicted molar refractivity (Wildman–Crippen MR) is 68.5 cm³/mol. The first-order valence-corrected chi connectivity index (χ1v) is 6.31. The molecule has 2 amide bonds. The molecular formula is C12H21N3O4. The summed E-state index contributed by atoms with van der Waals surface area (Å²) in [5.41, 5.74) is 0. The molecule has 1 saturated heterocycles. The van der Waals surface area contributed by atoms with Gasteiger partial charge in [0.1, 0.15) is 6.61 Å². The summed E-state index contributed by atoms with van der Waals surface area (Å²) < 4.78 is 4.80. The van der Waals surface area contributed by atoms with Gasteiger partial charge in [0.2, 0.25) is 11.8 Å². The summed E-state index contributed by atoms with van der Waals surface area (Å²) in [7, 11) is 3.07. The molecule has 0 aromatic heterocycles. The minimum absolute atomic E-state index is 0.0573. The Bertz CT molecular complexity index is 346. The van der Waals surface area contributed by atoms with Crippen LogP contribution in [0.1, 0.15) is 12.8 Å². The van der Waals surface area contributed by atoms with Gasteiger partial charge in [0.05, 0.1) is 12.6 Å². The highest BCUT2D eigenvalue weighted by Gasteiger charge is 2.30. The van der Waals surface area contributed by atoms with E-state index >= 15 is 0 Å². The zero-order valence-corrected chi connectivity index (χ0v) is 11.3. The van der Waals surface area contributed by atoms with Crippen LogP contribution in [0.4, 0.5) is 0 Å². The number of ketones is 1. The lowest BCUT2D eigenvalue weighted by Gasteiger charge is -2.19. The van der Waals surface area contributed by atoms with E-state index < -0.39 is 6.04 Å². The third-order valence-electron chi connectivity index (χ3n) is 3.03. The molecule has 108 valence electrons. The van der Waals surface area contributed by atoms with E-state index in [0.717, 1.165) is 0 Å². The average molecular weight is 271 g/mol. The summed E-state index contributed by atoms with van der Waals surface area (Å²) in [4.78, 5) is 35.0. The van der Waals surface area contributed by atoms with E-state index in [9.17, 15) is 14.4 Å². The number of hydrogen-bond donors (Lipinski definition) is 3. The molecule has 2 atom stereocenters. The first kappa shape index (κ1) is 15.6. The standard InChI is InChI=1S/C12H21N3O4/c1-13-6-11(17)15-9(10(16)7-19-2)5-8-3-4-14-12(8)18/h8-9,13H,3-7H2,1-2H3,(H,14,18)(H,15,17). The van der Waals surface area contributed by atoms with Gasteiger partial charge in [-0.25, -0.2) is 0 Å². The van der Waals surface area contributed by atoms with E-state index in [-0.39, 0.29) is 36.7 Å². The Morgan fingerprint density at radius 1 is 1.53 bits per heavy atom. The van der Waals surface area contributed by atoms with Crippen LogP contribution in [-0.4, -0.2) is 57.5 Å². The Labute approximate surface area is 112 Å². The van der Waals surface area contributed by atoms with Crippen LogP contribution in [0, 0.1) is 5.92 Å². The summed E-state index contributed by atoms with van der Waals surface area (Å²) >= 11 is 0. The van der Waals surface area contributed by atoms with E-state index in [0.29, 0.717) is 19.4 Å². The molecule has 0 aliphatic carbocycles. The predicted octanol–water partition coefficient (Wildman–Crippen LogP) is -1.57. The topological polar surface area (TPSA) is 96.5 Å². The fourth-order valence-electron chi connectivity index (χ4n) is 2.07. The molecular weight excluding hydrogens is 250 g/mol. The van der Waals surface area contributed by atoms with E-state index in [1.54, 1.807) is 7.05 Å². The number of Topliss-reactive ketones (excluding diaryl/α,β-unsaturated/α-hetero) is 1. The summed E-state index contributed by atoms with van der Waals surface area (Å²) in [6.07, 6.45) is 1.01. The fourth-order valence-corrected chi connectivity index (χ4v) is 2.07. The molecule has 0 aromatic rings. The largest absolute Gasteiger partial charge is 0.377 e. The fraction of sp³-hybridized carbons (Fsp3) is 0.750. The quantitative estimate of drug-likeness (QED) is 0.496. The van der Waals surface area contributed by atoms with Crippen LogP contribution in [-0.2, 0) is 19.1 Å². The first-order valence-electron chi connectivity index (χ1n) is 6.31. The maximum absolute atomic E-state index is 11.9. The van der Waals surface area contributed by atoms with Crippen molar-refractivity contribution in [2.75, 3.05) is 33.9 Å². The summed E-state index contributed by atoms with van der Waals surface area (Å²) in [6.45, 7) is 0.686. The lowest BCUT2D eigenvalue weighted by Crippen LogP contribution is -2.46. The normalized spacial score (nSPS) is 19.9. The number of likely N-dealkylation sites (N-methyl/N-ethyl adjacent to an activating group) is 1. The van der Waals surface area contributed by atoms with Crippen LogP contribution < -0.4 is 16.0 Å². The smallest absolute Gasteiger partial charge is 0.234 e. The Morgan fingerprint density at radius 2 is 2.26 bits per heavy atom. The van der Waals surface area contributed by atoms with E-state index in [1.807, 2.05) is 0 Å². The maximum atomic E-state index is 11.9. The van der Waals surface area contributed by atoms with Crippen molar-refractivity contribution in [1.29, 1.82) is 0 Å². The molecule has 1 fully saturated rings. The molecule has 0 saturated carbocycles. The Hall–Kier alpha value is -1.47. The Kier molecular flexibility index (Phi) is 6.44. The van der Waals surface area contributed by atoms with Crippen molar-refractivity contribution in [2.24, 2.45) is 5.92 Å². The molecule has 7 nitrogen and oxygen atoms in total. The number of carbonyl (C=O) groups excluding carboxylic acids is 3. The van der Waals surface area contributed by atoms with Crippen molar-refractivity contribution in [3.05, 3.63) is 0 Å². The van der Waals surface area contributed by atoms with Crippen molar-refractivity contribution in [3.63, 3.8) is 0 Å². The van der Waals surface area contributed by atoms with Gasteiger partial charge >= 0.3 is 0 Å². The van der Waals surface area contributed by atoms with Crippen molar-refractivity contribution < 1.29 is 19.1 Å². The zero-order valence-electron chi connectivity index (χ0n) is 11.3. The molecule has 0 bridgehead atoms. The molecule has 0 radical (unpaired) electrons. The monoisotopic (exact) mass is 271 g/mol. The number of rotatable bonds is 8. The highest BCUT2D eigenvalue weighted by molar-refractivity contribution is 5.91. The zero-order chi connectivity index (χ0) is 14.3. The molecule has 3 N–H and O–H groups in total. The van der Waals surface area contributed by atoms with E-state index in [4.69, 9.17) is 4.74 Å². The molecule has 1 heterocycles. The number of amides is 2. The number of ether oxygens (including phenoxy) is 1. The third-order valence-corrected chi connectivity index (χ3v) is 3.03. The summed E-state index contributed by atoms with van der Waals surface area (Å²) in [5, 5.41) is 8.07.